The number of halogens is 1. The first-order chi connectivity index (χ1) is 17.0. The van der Waals surface area contributed by atoms with Crippen molar-refractivity contribution in [3.63, 3.8) is 0 Å². The highest BCUT2D eigenvalue weighted by Gasteiger charge is 2.27. The lowest BCUT2D eigenvalue weighted by Gasteiger charge is -2.36. The number of aryl methyl sites for hydroxylation is 1. The summed E-state index contributed by atoms with van der Waals surface area (Å²) in [6.07, 6.45) is 0. The maximum Gasteiger partial charge on any atom is 0.272 e. The zero-order valence-electron chi connectivity index (χ0n) is 19.8. The number of benzene rings is 3. The number of nitrogens with zero attached hydrogens (tertiary/aromatic N) is 4. The number of aromatic nitrogens is 2. The molecule has 1 aliphatic heterocycles. The molecule has 0 saturated carbocycles. The molecule has 4 aromatic rings. The predicted octanol–water partition coefficient (Wildman–Crippen LogP) is 4.96. The summed E-state index contributed by atoms with van der Waals surface area (Å²) >= 11 is 0. The van der Waals surface area contributed by atoms with Gasteiger partial charge in [0.05, 0.1) is 18.5 Å². The van der Waals surface area contributed by atoms with E-state index in [4.69, 9.17) is 9.84 Å². The van der Waals surface area contributed by atoms with Crippen molar-refractivity contribution in [2.45, 2.75) is 6.92 Å². The maximum atomic E-state index is 13.7. The van der Waals surface area contributed by atoms with E-state index in [0.717, 1.165) is 24.4 Å². The number of piperazine rings is 1. The molecule has 6 nitrogen and oxygen atoms in total. The van der Waals surface area contributed by atoms with Gasteiger partial charge >= 0.3 is 0 Å². The van der Waals surface area contributed by atoms with Crippen LogP contribution in [0, 0.1) is 12.7 Å². The SMILES string of the molecule is COc1ccc(-c2cc(C(=O)N3CCN(c4ccccc4C)CC3)n(-c3ccc(F)cc3)n2)cc1. The van der Waals surface area contributed by atoms with Crippen LogP contribution in [-0.2, 0) is 0 Å². The van der Waals surface area contributed by atoms with Gasteiger partial charge in [-0.05, 0) is 73.2 Å². The number of carbonyl (C=O) groups is 1. The van der Waals surface area contributed by atoms with E-state index in [2.05, 4.69) is 24.0 Å². The first kappa shape index (κ1) is 22.7. The molecule has 0 spiro atoms. The third kappa shape index (κ3) is 4.62. The van der Waals surface area contributed by atoms with Gasteiger partial charge in [0.15, 0.2) is 0 Å². The van der Waals surface area contributed by atoms with Gasteiger partial charge in [0.2, 0.25) is 0 Å². The number of carbonyl (C=O) groups excluding carboxylic acids is 1. The molecule has 0 radical (unpaired) electrons. The Morgan fingerprint density at radius 2 is 1.60 bits per heavy atom. The van der Waals surface area contributed by atoms with Crippen molar-refractivity contribution in [3.05, 3.63) is 95.9 Å². The van der Waals surface area contributed by atoms with Gasteiger partial charge in [-0.3, -0.25) is 4.79 Å². The molecular weight excluding hydrogens is 443 g/mol. The number of hydrogen-bond acceptors (Lipinski definition) is 4. The summed E-state index contributed by atoms with van der Waals surface area (Å²) in [6, 6.07) is 23.7. The quantitative estimate of drug-likeness (QED) is 0.414. The summed E-state index contributed by atoms with van der Waals surface area (Å²) in [7, 11) is 1.62. The Balaban J connectivity index is 1.43. The standard InChI is InChI=1S/C28H27FN4O2/c1-20-5-3-4-6-26(20)31-15-17-32(18-16-31)28(34)27-19-25(21-7-13-24(35-2)14-8-21)30-33(27)23-11-9-22(29)10-12-23/h3-14,19H,15-18H2,1-2H3. The molecule has 0 unspecified atom stereocenters. The second-order valence-electron chi connectivity index (χ2n) is 8.60. The molecule has 3 aromatic carbocycles. The van der Waals surface area contributed by atoms with Gasteiger partial charge in [0, 0.05) is 37.4 Å². The average molecular weight is 471 g/mol. The Morgan fingerprint density at radius 3 is 2.26 bits per heavy atom. The Labute approximate surface area is 204 Å². The molecule has 178 valence electrons. The number of para-hydroxylation sites is 1. The number of rotatable bonds is 5. The summed E-state index contributed by atoms with van der Waals surface area (Å²) < 4.78 is 20.4. The van der Waals surface area contributed by atoms with Crippen LogP contribution in [0.3, 0.4) is 0 Å². The summed E-state index contributed by atoms with van der Waals surface area (Å²) in [5.74, 6) is 0.317. The summed E-state index contributed by atoms with van der Waals surface area (Å²) in [6.45, 7) is 4.84. The van der Waals surface area contributed by atoms with Gasteiger partial charge in [0.25, 0.3) is 5.91 Å². The van der Waals surface area contributed by atoms with Crippen LogP contribution in [0.1, 0.15) is 16.1 Å². The minimum absolute atomic E-state index is 0.0916. The third-order valence-corrected chi connectivity index (χ3v) is 6.41. The Kier molecular flexibility index (Phi) is 6.23. The van der Waals surface area contributed by atoms with Crippen LogP contribution in [0.4, 0.5) is 10.1 Å². The van der Waals surface area contributed by atoms with Crippen LogP contribution in [-0.4, -0.2) is 53.9 Å². The number of methoxy groups -OCH3 is 1. The van der Waals surface area contributed by atoms with Crippen molar-refractivity contribution < 1.29 is 13.9 Å². The molecule has 7 heteroatoms. The van der Waals surface area contributed by atoms with Gasteiger partial charge < -0.3 is 14.5 Å². The van der Waals surface area contributed by atoms with Gasteiger partial charge in [-0.1, -0.05) is 18.2 Å². The summed E-state index contributed by atoms with van der Waals surface area (Å²) in [5, 5.41) is 4.72. The van der Waals surface area contributed by atoms with E-state index >= 15 is 0 Å². The van der Waals surface area contributed by atoms with Gasteiger partial charge in [0.1, 0.15) is 17.3 Å². The normalized spacial score (nSPS) is 13.7. The number of hydrogen-bond donors (Lipinski definition) is 0. The van der Waals surface area contributed by atoms with E-state index in [0.29, 0.717) is 30.2 Å². The predicted molar refractivity (Wildman–Crippen MR) is 135 cm³/mol. The highest BCUT2D eigenvalue weighted by molar-refractivity contribution is 5.94. The van der Waals surface area contributed by atoms with Crippen LogP contribution in [0.2, 0.25) is 0 Å². The summed E-state index contributed by atoms with van der Waals surface area (Å²) in [4.78, 5) is 17.9. The Morgan fingerprint density at radius 1 is 0.914 bits per heavy atom. The lowest BCUT2D eigenvalue weighted by molar-refractivity contribution is 0.0737. The second-order valence-corrected chi connectivity index (χ2v) is 8.60. The highest BCUT2D eigenvalue weighted by atomic mass is 19.1. The molecule has 0 atom stereocenters. The average Bonchev–Trinajstić information content (AvgIpc) is 3.35. The zero-order chi connectivity index (χ0) is 24.4. The first-order valence-corrected chi connectivity index (χ1v) is 11.6. The van der Waals surface area contributed by atoms with Crippen LogP contribution in [0.15, 0.2) is 78.9 Å². The highest BCUT2D eigenvalue weighted by Crippen LogP contribution is 2.26. The van der Waals surface area contributed by atoms with E-state index in [9.17, 15) is 9.18 Å². The van der Waals surface area contributed by atoms with Crippen LogP contribution in [0.25, 0.3) is 16.9 Å². The van der Waals surface area contributed by atoms with Crippen LogP contribution < -0.4 is 9.64 Å². The molecular formula is C28H27FN4O2. The minimum atomic E-state index is -0.337. The number of ether oxygens (including phenoxy) is 1. The monoisotopic (exact) mass is 470 g/mol. The minimum Gasteiger partial charge on any atom is -0.497 e. The lowest BCUT2D eigenvalue weighted by Crippen LogP contribution is -2.49. The Hall–Kier alpha value is -4.13. The van der Waals surface area contributed by atoms with E-state index < -0.39 is 0 Å². The van der Waals surface area contributed by atoms with Gasteiger partial charge in [-0.2, -0.15) is 5.10 Å². The van der Waals surface area contributed by atoms with E-state index in [1.165, 1.54) is 23.4 Å². The molecule has 1 aliphatic rings. The van der Waals surface area contributed by atoms with Crippen molar-refractivity contribution in [1.29, 1.82) is 0 Å². The largest absolute Gasteiger partial charge is 0.497 e. The van der Waals surface area contributed by atoms with Crippen molar-refractivity contribution in [3.8, 4) is 22.7 Å². The van der Waals surface area contributed by atoms with Crippen molar-refractivity contribution in [1.82, 2.24) is 14.7 Å². The zero-order valence-corrected chi connectivity index (χ0v) is 19.8. The fourth-order valence-corrected chi connectivity index (χ4v) is 4.45. The fraction of sp³-hybridized carbons (Fsp3) is 0.214. The molecule has 5 rings (SSSR count). The molecule has 1 amide bonds. The van der Waals surface area contributed by atoms with E-state index in [1.54, 1.807) is 30.0 Å². The van der Waals surface area contributed by atoms with E-state index in [1.807, 2.05) is 41.3 Å². The van der Waals surface area contributed by atoms with Crippen LogP contribution >= 0.6 is 0 Å². The van der Waals surface area contributed by atoms with E-state index in [-0.39, 0.29) is 11.7 Å². The summed E-state index contributed by atoms with van der Waals surface area (Å²) in [5.41, 5.74) is 5.05. The fourth-order valence-electron chi connectivity index (χ4n) is 4.45. The third-order valence-electron chi connectivity index (χ3n) is 6.41. The van der Waals surface area contributed by atoms with Crippen molar-refractivity contribution >= 4 is 11.6 Å². The van der Waals surface area contributed by atoms with Crippen LogP contribution in [0.5, 0.6) is 5.75 Å². The molecule has 1 saturated heterocycles. The smallest absolute Gasteiger partial charge is 0.272 e. The molecule has 35 heavy (non-hydrogen) atoms. The number of anilines is 1. The molecule has 0 aliphatic carbocycles. The Bertz CT molecular complexity index is 1320. The molecule has 0 N–H and O–H groups in total. The lowest BCUT2D eigenvalue weighted by atomic mass is 10.1. The molecule has 0 bridgehead atoms. The van der Waals surface area contributed by atoms with Gasteiger partial charge in [-0.15, -0.1) is 0 Å². The second kappa shape index (κ2) is 9.62. The first-order valence-electron chi connectivity index (χ1n) is 11.6. The van der Waals surface area contributed by atoms with Crippen molar-refractivity contribution in [2.24, 2.45) is 0 Å². The topological polar surface area (TPSA) is 50.6 Å². The van der Waals surface area contributed by atoms with Gasteiger partial charge in [-0.25, -0.2) is 9.07 Å². The molecule has 1 aromatic heterocycles. The maximum absolute atomic E-state index is 13.7. The molecule has 1 fully saturated rings. The number of amides is 1. The molecule has 2 heterocycles. The van der Waals surface area contributed by atoms with Crippen molar-refractivity contribution in [2.75, 3.05) is 38.2 Å².